The maximum absolute atomic E-state index is 9.07. The van der Waals surface area contributed by atoms with Crippen molar-refractivity contribution in [2.75, 3.05) is 6.54 Å². The van der Waals surface area contributed by atoms with Gasteiger partial charge in [0.05, 0.1) is 5.03 Å². The Morgan fingerprint density at radius 2 is 2.33 bits per heavy atom. The van der Waals surface area contributed by atoms with Gasteiger partial charge in [-0.25, -0.2) is 0 Å². The lowest BCUT2D eigenvalue weighted by atomic mass is 10.3. The summed E-state index contributed by atoms with van der Waals surface area (Å²) in [7, 11) is 0. The summed E-state index contributed by atoms with van der Waals surface area (Å²) in [6.45, 7) is 0.616. The van der Waals surface area contributed by atoms with Gasteiger partial charge in [0.15, 0.2) is 0 Å². The summed E-state index contributed by atoms with van der Waals surface area (Å²) in [6, 6.07) is 0. The van der Waals surface area contributed by atoms with E-state index >= 15 is 0 Å². The minimum atomic E-state index is 0.0670. The highest BCUT2D eigenvalue weighted by Gasteiger charge is 2.14. The first kappa shape index (κ1) is 7.43. The van der Waals surface area contributed by atoms with Crippen molar-refractivity contribution in [3.8, 4) is 0 Å². The number of allylic oxidation sites excluding steroid dienone is 2. The van der Waals surface area contributed by atoms with Gasteiger partial charge in [-0.1, -0.05) is 11.6 Å². The van der Waals surface area contributed by atoms with E-state index in [9.17, 15) is 0 Å². The molecule has 0 bridgehead atoms. The Morgan fingerprint density at radius 1 is 1.50 bits per heavy atom. The molecule has 0 spiro atoms. The third-order valence-corrected chi connectivity index (χ3v) is 1.89. The van der Waals surface area contributed by atoms with Gasteiger partial charge in [0.2, 0.25) is 5.88 Å². The molecule has 2 aliphatic rings. The van der Waals surface area contributed by atoms with Crippen LogP contribution in [0.2, 0.25) is 0 Å². The molecule has 0 amide bonds. The number of rotatable bonds is 0. The van der Waals surface area contributed by atoms with Crippen LogP contribution in [0.15, 0.2) is 40.3 Å². The van der Waals surface area contributed by atoms with E-state index in [2.05, 4.69) is 4.99 Å². The monoisotopic (exact) mass is 182 g/mol. The van der Waals surface area contributed by atoms with Gasteiger partial charge in [-0.2, -0.15) is 4.99 Å². The molecule has 0 unspecified atom stereocenters. The Balaban J connectivity index is 2.33. The zero-order valence-electron chi connectivity index (χ0n) is 6.24. The second-order valence-electron chi connectivity index (χ2n) is 2.53. The molecule has 0 aliphatic carbocycles. The molecule has 2 rings (SSSR count). The maximum Gasteiger partial charge on any atom is 0.210 e. The van der Waals surface area contributed by atoms with E-state index in [0.717, 1.165) is 5.84 Å². The zero-order chi connectivity index (χ0) is 8.55. The number of aliphatic hydroxyl groups excluding tert-OH is 1. The summed E-state index contributed by atoms with van der Waals surface area (Å²) in [5, 5.41) is 9.74. The zero-order valence-corrected chi connectivity index (χ0v) is 6.99. The molecule has 3 nitrogen and oxygen atoms in total. The summed E-state index contributed by atoms with van der Waals surface area (Å²) >= 11 is 5.77. The molecule has 0 aromatic carbocycles. The highest BCUT2D eigenvalue weighted by Crippen LogP contribution is 2.16. The van der Waals surface area contributed by atoms with Crippen molar-refractivity contribution in [1.82, 2.24) is 4.90 Å². The van der Waals surface area contributed by atoms with Crippen LogP contribution in [-0.4, -0.2) is 22.4 Å². The van der Waals surface area contributed by atoms with Crippen LogP contribution < -0.4 is 0 Å². The first-order chi connectivity index (χ1) is 5.75. The number of aliphatic imine (C=N–C) groups is 1. The van der Waals surface area contributed by atoms with Crippen LogP contribution in [0.3, 0.4) is 0 Å². The molecule has 0 fully saturated rings. The van der Waals surface area contributed by atoms with Gasteiger partial charge in [0.25, 0.3) is 0 Å². The third kappa shape index (κ3) is 1.23. The topological polar surface area (TPSA) is 35.8 Å². The van der Waals surface area contributed by atoms with Crippen LogP contribution in [0.4, 0.5) is 0 Å². The Labute approximate surface area is 75.0 Å². The number of halogens is 1. The molecule has 0 aromatic heterocycles. The number of aliphatic hydroxyl groups is 1. The minimum absolute atomic E-state index is 0.0670. The molecule has 2 heterocycles. The normalized spacial score (nSPS) is 21.1. The number of hydrogen-bond acceptors (Lipinski definition) is 3. The quantitative estimate of drug-likeness (QED) is 0.620. The van der Waals surface area contributed by atoms with E-state index in [4.69, 9.17) is 16.7 Å². The summed E-state index contributed by atoms with van der Waals surface area (Å²) in [6.07, 6.45) is 6.92. The lowest BCUT2D eigenvalue weighted by molar-refractivity contribution is 0.391. The lowest BCUT2D eigenvalue weighted by Gasteiger charge is -2.24. The van der Waals surface area contributed by atoms with Crippen molar-refractivity contribution in [3.63, 3.8) is 0 Å². The van der Waals surface area contributed by atoms with E-state index in [1.54, 1.807) is 24.4 Å². The SMILES string of the molecule is OC1=CCN2C=C(Cl)C=CC2=N1. The molecule has 62 valence electrons. The second kappa shape index (κ2) is 2.68. The van der Waals surface area contributed by atoms with Gasteiger partial charge in [0, 0.05) is 12.7 Å². The minimum Gasteiger partial charge on any atom is -0.493 e. The highest BCUT2D eigenvalue weighted by atomic mass is 35.5. The molecule has 0 radical (unpaired) electrons. The third-order valence-electron chi connectivity index (χ3n) is 1.66. The predicted molar refractivity (Wildman–Crippen MR) is 47.9 cm³/mol. The van der Waals surface area contributed by atoms with E-state index in [1.807, 2.05) is 4.90 Å². The van der Waals surface area contributed by atoms with Crippen molar-refractivity contribution in [3.05, 3.63) is 35.3 Å². The molecule has 4 heteroatoms. The summed E-state index contributed by atoms with van der Waals surface area (Å²) in [5.41, 5.74) is 0. The number of fused-ring (bicyclic) bond motifs is 1. The fourth-order valence-corrected chi connectivity index (χ4v) is 1.28. The van der Waals surface area contributed by atoms with Crippen molar-refractivity contribution in [2.24, 2.45) is 4.99 Å². The number of nitrogens with zero attached hydrogens (tertiary/aromatic N) is 2. The fraction of sp³-hybridized carbons (Fsp3) is 0.125. The van der Waals surface area contributed by atoms with E-state index in [-0.39, 0.29) is 5.88 Å². The molecule has 1 N–H and O–H groups in total. The van der Waals surface area contributed by atoms with Crippen molar-refractivity contribution < 1.29 is 5.11 Å². The van der Waals surface area contributed by atoms with Gasteiger partial charge < -0.3 is 10.0 Å². The molecule has 0 saturated heterocycles. The first-order valence-electron chi connectivity index (χ1n) is 3.55. The van der Waals surface area contributed by atoms with Crippen molar-refractivity contribution in [1.29, 1.82) is 0 Å². The molecule has 0 saturated carbocycles. The standard InChI is InChI=1S/C8H7ClN2O/c9-6-1-2-7-10-8(12)3-4-11(7)5-6/h1-3,5,12H,4H2. The summed E-state index contributed by atoms with van der Waals surface area (Å²) < 4.78 is 0. The highest BCUT2D eigenvalue weighted by molar-refractivity contribution is 6.32. The lowest BCUT2D eigenvalue weighted by Crippen LogP contribution is -2.29. The smallest absolute Gasteiger partial charge is 0.210 e. The van der Waals surface area contributed by atoms with Crippen LogP contribution in [0.25, 0.3) is 0 Å². The Morgan fingerprint density at radius 3 is 3.17 bits per heavy atom. The second-order valence-corrected chi connectivity index (χ2v) is 2.97. The van der Waals surface area contributed by atoms with Crippen LogP contribution >= 0.6 is 11.6 Å². The molecule has 12 heavy (non-hydrogen) atoms. The predicted octanol–water partition coefficient (Wildman–Crippen LogP) is 1.75. The molecular formula is C8H7ClN2O. The Kier molecular flexibility index (Phi) is 1.66. The summed E-state index contributed by atoms with van der Waals surface area (Å²) in [5.74, 6) is 0.789. The number of hydrogen-bond donors (Lipinski definition) is 1. The molecule has 2 aliphatic heterocycles. The van der Waals surface area contributed by atoms with Crippen LogP contribution in [0.5, 0.6) is 0 Å². The van der Waals surface area contributed by atoms with Gasteiger partial charge in [-0.05, 0) is 18.2 Å². The maximum atomic E-state index is 9.07. The van der Waals surface area contributed by atoms with E-state index in [0.29, 0.717) is 11.6 Å². The average Bonchev–Trinajstić information content (AvgIpc) is 2.05. The van der Waals surface area contributed by atoms with E-state index in [1.165, 1.54) is 0 Å². The van der Waals surface area contributed by atoms with Gasteiger partial charge in [0.1, 0.15) is 5.84 Å². The van der Waals surface area contributed by atoms with Gasteiger partial charge in [-0.3, -0.25) is 0 Å². The van der Waals surface area contributed by atoms with Crippen LogP contribution in [0, 0.1) is 0 Å². The van der Waals surface area contributed by atoms with E-state index < -0.39 is 0 Å². The number of amidine groups is 1. The van der Waals surface area contributed by atoms with Crippen molar-refractivity contribution >= 4 is 17.4 Å². The van der Waals surface area contributed by atoms with Crippen LogP contribution in [0.1, 0.15) is 0 Å². The molecular weight excluding hydrogens is 176 g/mol. The average molecular weight is 183 g/mol. The molecule has 0 aromatic rings. The summed E-state index contributed by atoms with van der Waals surface area (Å²) in [4.78, 5) is 5.77. The van der Waals surface area contributed by atoms with Gasteiger partial charge >= 0.3 is 0 Å². The van der Waals surface area contributed by atoms with Crippen LogP contribution in [-0.2, 0) is 0 Å². The fourth-order valence-electron chi connectivity index (χ4n) is 1.10. The largest absolute Gasteiger partial charge is 0.493 e. The molecule has 0 atom stereocenters. The van der Waals surface area contributed by atoms with Gasteiger partial charge in [-0.15, -0.1) is 0 Å². The van der Waals surface area contributed by atoms with Crippen molar-refractivity contribution in [2.45, 2.75) is 0 Å². The Bertz CT molecular complexity index is 328. The Hall–Kier alpha value is -1.22. The first-order valence-corrected chi connectivity index (χ1v) is 3.93.